The summed E-state index contributed by atoms with van der Waals surface area (Å²) in [6, 6.07) is -0.411. The third-order valence-corrected chi connectivity index (χ3v) is 1.26. The van der Waals surface area contributed by atoms with Crippen molar-refractivity contribution >= 4 is 12.2 Å². The molecule has 1 atom stereocenters. The fourth-order valence-electron chi connectivity index (χ4n) is 0.553. The lowest BCUT2D eigenvalue weighted by Crippen LogP contribution is -2.15. The Hall–Kier alpha value is -1.12. The molecule has 0 radical (unpaired) electrons. The van der Waals surface area contributed by atoms with Gasteiger partial charge in [0.2, 0.25) is 0 Å². The third-order valence-electron chi connectivity index (χ3n) is 1.26. The first kappa shape index (κ1) is 10.9. The molecule has 1 unspecified atom stereocenters. The molecule has 0 aliphatic carbocycles. The molecule has 0 N–H and O–H groups in total. The fourth-order valence-corrected chi connectivity index (χ4v) is 0.553. The molecule has 0 aliphatic heterocycles. The van der Waals surface area contributed by atoms with Crippen molar-refractivity contribution in [2.45, 2.75) is 26.8 Å². The normalized spacial score (nSPS) is 12.7. The average molecular weight is 169 g/mol. The van der Waals surface area contributed by atoms with E-state index in [0.717, 1.165) is 5.57 Å². The molecular formula is C9H15NO2. The molecule has 0 aromatic rings. The van der Waals surface area contributed by atoms with Crippen LogP contribution in [-0.2, 0) is 9.53 Å². The summed E-state index contributed by atoms with van der Waals surface area (Å²) in [6.07, 6.45) is 3.47. The van der Waals surface area contributed by atoms with E-state index in [4.69, 9.17) is 0 Å². The van der Waals surface area contributed by atoms with Gasteiger partial charge in [-0.3, -0.25) is 4.99 Å². The fraction of sp³-hybridized carbons (Fsp3) is 0.556. The van der Waals surface area contributed by atoms with E-state index in [0.29, 0.717) is 0 Å². The minimum absolute atomic E-state index is 0.312. The molecule has 0 spiro atoms. The Bertz CT molecular complexity index is 203. The number of methoxy groups -OCH3 is 1. The molecule has 0 aliphatic rings. The highest BCUT2D eigenvalue weighted by molar-refractivity contribution is 5.80. The van der Waals surface area contributed by atoms with Crippen LogP contribution in [0.25, 0.3) is 0 Å². The van der Waals surface area contributed by atoms with E-state index in [1.165, 1.54) is 7.11 Å². The summed E-state index contributed by atoms with van der Waals surface area (Å²) in [5.41, 5.74) is 1.15. The number of allylic oxidation sites excluding steroid dienone is 2. The highest BCUT2D eigenvalue weighted by atomic mass is 16.5. The van der Waals surface area contributed by atoms with E-state index in [9.17, 15) is 4.79 Å². The molecule has 0 saturated carbocycles. The highest BCUT2D eigenvalue weighted by Crippen LogP contribution is 1.92. The lowest BCUT2D eigenvalue weighted by molar-refractivity contribution is -0.141. The van der Waals surface area contributed by atoms with Gasteiger partial charge in [-0.15, -0.1) is 0 Å². The highest BCUT2D eigenvalue weighted by Gasteiger charge is 2.08. The lowest BCUT2D eigenvalue weighted by Gasteiger charge is -2.01. The summed E-state index contributed by atoms with van der Waals surface area (Å²) < 4.78 is 4.50. The second-order valence-corrected chi connectivity index (χ2v) is 2.74. The van der Waals surface area contributed by atoms with Gasteiger partial charge in [-0.25, -0.2) is 4.79 Å². The van der Waals surface area contributed by atoms with E-state index in [1.54, 1.807) is 13.1 Å². The monoisotopic (exact) mass is 169 g/mol. The quantitative estimate of drug-likeness (QED) is 0.475. The van der Waals surface area contributed by atoms with Crippen molar-refractivity contribution < 1.29 is 9.53 Å². The Morgan fingerprint density at radius 2 is 2.08 bits per heavy atom. The number of nitrogens with zero attached hydrogens (tertiary/aromatic N) is 1. The van der Waals surface area contributed by atoms with Crippen LogP contribution in [0.3, 0.4) is 0 Å². The zero-order chi connectivity index (χ0) is 9.56. The van der Waals surface area contributed by atoms with Crippen LogP contribution in [0.5, 0.6) is 0 Å². The van der Waals surface area contributed by atoms with Gasteiger partial charge in [-0.1, -0.05) is 5.57 Å². The zero-order valence-corrected chi connectivity index (χ0v) is 8.00. The number of carbonyl (C=O) groups excluding carboxylic acids is 1. The first-order chi connectivity index (χ1) is 5.57. The summed E-state index contributed by atoms with van der Waals surface area (Å²) in [5.74, 6) is -0.312. The van der Waals surface area contributed by atoms with Crippen molar-refractivity contribution in [3.63, 3.8) is 0 Å². The number of aliphatic imine (C=N–C) groups is 1. The van der Waals surface area contributed by atoms with Crippen LogP contribution in [0, 0.1) is 0 Å². The van der Waals surface area contributed by atoms with Gasteiger partial charge in [-0.05, 0) is 26.8 Å². The molecular weight excluding hydrogens is 154 g/mol. The van der Waals surface area contributed by atoms with E-state index < -0.39 is 6.04 Å². The number of hydrogen-bond acceptors (Lipinski definition) is 3. The van der Waals surface area contributed by atoms with Gasteiger partial charge in [-0.2, -0.15) is 0 Å². The largest absolute Gasteiger partial charge is 0.467 e. The van der Waals surface area contributed by atoms with Crippen molar-refractivity contribution in [2.24, 2.45) is 4.99 Å². The van der Waals surface area contributed by atoms with Crippen LogP contribution in [0.1, 0.15) is 20.8 Å². The zero-order valence-electron chi connectivity index (χ0n) is 8.00. The third kappa shape index (κ3) is 4.66. The maximum absolute atomic E-state index is 10.8. The van der Waals surface area contributed by atoms with Gasteiger partial charge in [0, 0.05) is 6.21 Å². The van der Waals surface area contributed by atoms with Crippen molar-refractivity contribution in [3.05, 3.63) is 11.6 Å². The number of hydrogen-bond donors (Lipinski definition) is 0. The molecule has 0 aromatic heterocycles. The van der Waals surface area contributed by atoms with Crippen LogP contribution in [0.2, 0.25) is 0 Å². The molecule has 68 valence electrons. The molecule has 0 bridgehead atoms. The number of carbonyl (C=O) groups is 1. The summed E-state index contributed by atoms with van der Waals surface area (Å²) in [6.45, 7) is 5.63. The molecule has 0 rings (SSSR count). The van der Waals surface area contributed by atoms with Crippen LogP contribution < -0.4 is 0 Å². The summed E-state index contributed by atoms with van der Waals surface area (Å²) in [5, 5.41) is 0. The van der Waals surface area contributed by atoms with Gasteiger partial charge in [0.25, 0.3) is 0 Å². The van der Waals surface area contributed by atoms with Crippen LogP contribution >= 0.6 is 0 Å². The summed E-state index contributed by atoms with van der Waals surface area (Å²) >= 11 is 0. The Balaban J connectivity index is 4.00. The van der Waals surface area contributed by atoms with Crippen LogP contribution in [0.15, 0.2) is 16.6 Å². The maximum atomic E-state index is 10.8. The van der Waals surface area contributed by atoms with Crippen molar-refractivity contribution in [1.82, 2.24) is 0 Å². The van der Waals surface area contributed by atoms with E-state index >= 15 is 0 Å². The smallest absolute Gasteiger partial charge is 0.330 e. The van der Waals surface area contributed by atoms with Gasteiger partial charge in [0.15, 0.2) is 0 Å². The maximum Gasteiger partial charge on any atom is 0.330 e. The second kappa shape index (κ2) is 5.52. The van der Waals surface area contributed by atoms with Crippen LogP contribution in [0.4, 0.5) is 0 Å². The predicted molar refractivity (Wildman–Crippen MR) is 49.4 cm³/mol. The minimum atomic E-state index is -0.411. The van der Waals surface area contributed by atoms with E-state index in [1.807, 2.05) is 19.9 Å². The van der Waals surface area contributed by atoms with Gasteiger partial charge < -0.3 is 4.74 Å². The molecule has 0 fully saturated rings. The molecule has 0 heterocycles. The second-order valence-electron chi connectivity index (χ2n) is 2.74. The number of esters is 1. The van der Waals surface area contributed by atoms with Crippen molar-refractivity contribution in [1.29, 1.82) is 0 Å². The SMILES string of the molecule is COC(=O)C(C)N=CC=C(C)C. The lowest BCUT2D eigenvalue weighted by atomic mass is 10.3. The van der Waals surface area contributed by atoms with Gasteiger partial charge >= 0.3 is 5.97 Å². The molecule has 0 amide bonds. The summed E-state index contributed by atoms with van der Waals surface area (Å²) in [7, 11) is 1.36. The van der Waals surface area contributed by atoms with E-state index in [2.05, 4.69) is 9.73 Å². The Morgan fingerprint density at radius 3 is 2.50 bits per heavy atom. The van der Waals surface area contributed by atoms with Gasteiger partial charge in [0.1, 0.15) is 6.04 Å². The van der Waals surface area contributed by atoms with Gasteiger partial charge in [0.05, 0.1) is 7.11 Å². The molecule has 3 heteroatoms. The van der Waals surface area contributed by atoms with E-state index in [-0.39, 0.29) is 5.97 Å². The van der Waals surface area contributed by atoms with Crippen molar-refractivity contribution in [3.8, 4) is 0 Å². The molecule has 0 saturated heterocycles. The first-order valence-corrected chi connectivity index (χ1v) is 3.82. The standard InChI is InChI=1S/C9H15NO2/c1-7(2)5-6-10-8(3)9(11)12-4/h5-6,8H,1-4H3. The first-order valence-electron chi connectivity index (χ1n) is 3.82. The minimum Gasteiger partial charge on any atom is -0.467 e. The number of rotatable bonds is 3. The number of ether oxygens (including phenoxy) is 1. The van der Waals surface area contributed by atoms with Crippen LogP contribution in [-0.4, -0.2) is 25.3 Å². The predicted octanol–water partition coefficient (Wildman–Crippen LogP) is 1.58. The molecule has 3 nitrogen and oxygen atoms in total. The summed E-state index contributed by atoms with van der Waals surface area (Å²) in [4.78, 5) is 14.8. The Kier molecular flexibility index (Phi) is 5.00. The molecule has 12 heavy (non-hydrogen) atoms. The van der Waals surface area contributed by atoms with Crippen molar-refractivity contribution in [2.75, 3.05) is 7.11 Å². The average Bonchev–Trinajstić information content (AvgIpc) is 2.02. The topological polar surface area (TPSA) is 38.7 Å². The Morgan fingerprint density at radius 1 is 1.50 bits per heavy atom. The Labute approximate surface area is 73.1 Å². The molecule has 0 aromatic carbocycles.